The van der Waals surface area contributed by atoms with Gasteiger partial charge < -0.3 is 15.4 Å². The number of halogens is 1. The second kappa shape index (κ2) is 8.95. The number of carbonyl (C=O) groups is 1. The molecule has 0 aliphatic carbocycles. The Balaban J connectivity index is 0.00000196. The zero-order chi connectivity index (χ0) is 10.2. The van der Waals surface area contributed by atoms with Gasteiger partial charge in [-0.3, -0.25) is 4.79 Å². The summed E-state index contributed by atoms with van der Waals surface area (Å²) in [6, 6.07) is 0.0189. The summed E-state index contributed by atoms with van der Waals surface area (Å²) in [4.78, 5) is 11.5. The van der Waals surface area contributed by atoms with Gasteiger partial charge in [-0.15, -0.1) is 12.4 Å². The Morgan fingerprint density at radius 1 is 1.53 bits per heavy atom. The van der Waals surface area contributed by atoms with Crippen molar-refractivity contribution in [2.45, 2.75) is 32.2 Å². The van der Waals surface area contributed by atoms with Gasteiger partial charge in [-0.2, -0.15) is 0 Å². The number of hydrogen-bond donors (Lipinski definition) is 2. The summed E-state index contributed by atoms with van der Waals surface area (Å²) in [7, 11) is 0. The van der Waals surface area contributed by atoms with Crippen molar-refractivity contribution in [3.8, 4) is 0 Å². The molecular weight excluding hydrogens is 216 g/mol. The average Bonchev–Trinajstić information content (AvgIpc) is 2.25. The quantitative estimate of drug-likeness (QED) is 0.691. The first kappa shape index (κ1) is 14.7. The van der Waals surface area contributed by atoms with E-state index in [0.717, 1.165) is 19.4 Å². The molecule has 4 nitrogen and oxygen atoms in total. The van der Waals surface area contributed by atoms with Crippen LogP contribution in [0.25, 0.3) is 0 Å². The molecule has 0 aromatic carbocycles. The van der Waals surface area contributed by atoms with Crippen molar-refractivity contribution in [3.63, 3.8) is 0 Å². The van der Waals surface area contributed by atoms with Crippen LogP contribution in [0.3, 0.4) is 0 Å². The monoisotopic (exact) mass is 236 g/mol. The third-order valence-electron chi connectivity index (χ3n) is 2.38. The van der Waals surface area contributed by atoms with Crippen LogP contribution in [0.4, 0.5) is 0 Å². The second-order valence-electron chi connectivity index (χ2n) is 3.49. The summed E-state index contributed by atoms with van der Waals surface area (Å²) in [5, 5.41) is 6.07. The minimum absolute atomic E-state index is 0. The second-order valence-corrected chi connectivity index (χ2v) is 3.49. The number of piperidine rings is 1. The van der Waals surface area contributed by atoms with E-state index in [1.54, 1.807) is 0 Å². The lowest BCUT2D eigenvalue weighted by Crippen LogP contribution is -2.47. The average molecular weight is 237 g/mol. The molecule has 1 fully saturated rings. The van der Waals surface area contributed by atoms with Crippen molar-refractivity contribution >= 4 is 18.3 Å². The van der Waals surface area contributed by atoms with Crippen LogP contribution in [0, 0.1) is 0 Å². The van der Waals surface area contributed by atoms with Gasteiger partial charge in [-0.1, -0.05) is 6.42 Å². The molecule has 1 saturated heterocycles. The van der Waals surface area contributed by atoms with Crippen LogP contribution in [-0.4, -0.2) is 38.3 Å². The maximum atomic E-state index is 11.5. The van der Waals surface area contributed by atoms with Crippen LogP contribution in [-0.2, 0) is 9.53 Å². The normalized spacial score (nSPS) is 20.5. The van der Waals surface area contributed by atoms with E-state index < -0.39 is 0 Å². The van der Waals surface area contributed by atoms with Crippen LogP contribution in [0.5, 0.6) is 0 Å². The van der Waals surface area contributed by atoms with Crippen LogP contribution < -0.4 is 10.6 Å². The highest BCUT2D eigenvalue weighted by Gasteiger charge is 2.19. The third-order valence-corrected chi connectivity index (χ3v) is 2.38. The lowest BCUT2D eigenvalue weighted by atomic mass is 10.0. The zero-order valence-corrected chi connectivity index (χ0v) is 10.1. The molecule has 1 rings (SSSR count). The van der Waals surface area contributed by atoms with Gasteiger partial charge in [-0.05, 0) is 26.3 Å². The first-order chi connectivity index (χ1) is 6.84. The third kappa shape index (κ3) is 5.97. The Morgan fingerprint density at radius 3 is 2.93 bits per heavy atom. The van der Waals surface area contributed by atoms with Gasteiger partial charge in [-0.25, -0.2) is 0 Å². The summed E-state index contributed by atoms with van der Waals surface area (Å²) in [6.07, 6.45) is 3.29. The van der Waals surface area contributed by atoms with Gasteiger partial charge in [0, 0.05) is 13.2 Å². The smallest absolute Gasteiger partial charge is 0.237 e. The first-order valence-corrected chi connectivity index (χ1v) is 5.43. The minimum Gasteiger partial charge on any atom is -0.380 e. The van der Waals surface area contributed by atoms with E-state index in [9.17, 15) is 4.79 Å². The molecule has 15 heavy (non-hydrogen) atoms. The van der Waals surface area contributed by atoms with Gasteiger partial charge >= 0.3 is 0 Å². The largest absolute Gasteiger partial charge is 0.380 e. The summed E-state index contributed by atoms with van der Waals surface area (Å²) in [6.45, 7) is 4.84. The van der Waals surface area contributed by atoms with Crippen molar-refractivity contribution in [1.82, 2.24) is 10.6 Å². The standard InChI is InChI=1S/C10H20N2O2.ClH/c1-2-14-8-7-12-10(13)9-5-3-4-6-11-9;/h9,11H,2-8H2,1H3,(H,12,13);1H/t9-;/m0./s1. The maximum absolute atomic E-state index is 11.5. The molecule has 1 amide bonds. The predicted octanol–water partition coefficient (Wildman–Crippen LogP) is 0.703. The van der Waals surface area contributed by atoms with Crippen molar-refractivity contribution in [2.75, 3.05) is 26.3 Å². The molecular formula is C10H21ClN2O2. The van der Waals surface area contributed by atoms with E-state index >= 15 is 0 Å². The fourth-order valence-corrected chi connectivity index (χ4v) is 1.59. The highest BCUT2D eigenvalue weighted by molar-refractivity contribution is 5.85. The highest BCUT2D eigenvalue weighted by atomic mass is 35.5. The molecule has 0 saturated carbocycles. The molecule has 0 radical (unpaired) electrons. The van der Waals surface area contributed by atoms with Crippen LogP contribution >= 0.6 is 12.4 Å². The Kier molecular flexibility index (Phi) is 8.76. The van der Waals surface area contributed by atoms with Crippen LogP contribution in [0.1, 0.15) is 26.2 Å². The molecule has 0 unspecified atom stereocenters. The first-order valence-electron chi connectivity index (χ1n) is 5.43. The molecule has 0 bridgehead atoms. The van der Waals surface area contributed by atoms with E-state index in [-0.39, 0.29) is 24.4 Å². The van der Waals surface area contributed by atoms with Crippen molar-refractivity contribution in [1.29, 1.82) is 0 Å². The number of carbonyl (C=O) groups excluding carboxylic acids is 1. The molecule has 2 N–H and O–H groups in total. The van der Waals surface area contributed by atoms with Crippen molar-refractivity contribution in [3.05, 3.63) is 0 Å². The fourth-order valence-electron chi connectivity index (χ4n) is 1.59. The predicted molar refractivity (Wildman–Crippen MR) is 62.4 cm³/mol. The Bertz CT molecular complexity index is 173. The van der Waals surface area contributed by atoms with E-state index in [4.69, 9.17) is 4.74 Å². The number of nitrogens with one attached hydrogen (secondary N) is 2. The van der Waals surface area contributed by atoms with E-state index in [1.807, 2.05) is 6.92 Å². The molecule has 90 valence electrons. The van der Waals surface area contributed by atoms with E-state index in [1.165, 1.54) is 6.42 Å². The number of amides is 1. The number of ether oxygens (including phenoxy) is 1. The van der Waals surface area contributed by atoms with Crippen molar-refractivity contribution in [2.24, 2.45) is 0 Å². The Morgan fingerprint density at radius 2 is 2.33 bits per heavy atom. The highest BCUT2D eigenvalue weighted by Crippen LogP contribution is 2.06. The van der Waals surface area contributed by atoms with Gasteiger partial charge in [0.15, 0.2) is 0 Å². The molecule has 1 heterocycles. The molecule has 5 heteroatoms. The van der Waals surface area contributed by atoms with Gasteiger partial charge in [0.05, 0.1) is 12.6 Å². The summed E-state index contributed by atoms with van der Waals surface area (Å²) in [5.41, 5.74) is 0. The molecule has 0 aromatic rings. The lowest BCUT2D eigenvalue weighted by Gasteiger charge is -2.22. The van der Waals surface area contributed by atoms with Crippen LogP contribution in [0.2, 0.25) is 0 Å². The lowest BCUT2D eigenvalue weighted by molar-refractivity contribution is -0.123. The molecule has 0 aromatic heterocycles. The van der Waals surface area contributed by atoms with Gasteiger partial charge in [0.1, 0.15) is 0 Å². The Labute approximate surface area is 97.5 Å². The van der Waals surface area contributed by atoms with Gasteiger partial charge in [0.25, 0.3) is 0 Å². The Hall–Kier alpha value is -0.320. The molecule has 1 aliphatic heterocycles. The number of hydrogen-bond acceptors (Lipinski definition) is 3. The minimum atomic E-state index is 0. The van der Waals surface area contributed by atoms with Crippen LogP contribution in [0.15, 0.2) is 0 Å². The summed E-state index contributed by atoms with van der Waals surface area (Å²) < 4.78 is 5.14. The zero-order valence-electron chi connectivity index (χ0n) is 9.25. The summed E-state index contributed by atoms with van der Waals surface area (Å²) in [5.74, 6) is 0.115. The molecule has 0 spiro atoms. The fraction of sp³-hybridized carbons (Fsp3) is 0.900. The van der Waals surface area contributed by atoms with E-state index in [2.05, 4.69) is 10.6 Å². The van der Waals surface area contributed by atoms with Crippen molar-refractivity contribution < 1.29 is 9.53 Å². The van der Waals surface area contributed by atoms with Gasteiger partial charge in [0.2, 0.25) is 5.91 Å². The number of rotatable bonds is 5. The topological polar surface area (TPSA) is 50.4 Å². The summed E-state index contributed by atoms with van der Waals surface area (Å²) >= 11 is 0. The molecule has 1 aliphatic rings. The van der Waals surface area contributed by atoms with E-state index in [0.29, 0.717) is 19.8 Å². The molecule has 1 atom stereocenters. The SMILES string of the molecule is CCOCCNC(=O)[C@@H]1CCCCN1.Cl. The maximum Gasteiger partial charge on any atom is 0.237 e.